The van der Waals surface area contributed by atoms with Crippen molar-refractivity contribution < 1.29 is 0 Å². The molecule has 0 saturated heterocycles. The second kappa shape index (κ2) is 14.9. The molecule has 0 aliphatic carbocycles. The Bertz CT molecular complexity index is 137. The standard InChI is InChI=1S/C15H35N3/c1-4-7-9-11-13-16-18(15-6-3)17-14-12-10-8-5-2/h16-17H,4-15H2,1-3H3. The molecule has 0 aromatic heterocycles. The van der Waals surface area contributed by atoms with Crippen molar-refractivity contribution in [2.24, 2.45) is 0 Å². The van der Waals surface area contributed by atoms with Crippen molar-refractivity contribution in [3.05, 3.63) is 0 Å². The van der Waals surface area contributed by atoms with Gasteiger partial charge in [-0.3, -0.25) is 0 Å². The van der Waals surface area contributed by atoms with Crippen LogP contribution in [0.5, 0.6) is 0 Å². The third-order valence-corrected chi connectivity index (χ3v) is 3.11. The Morgan fingerprint density at radius 3 is 1.50 bits per heavy atom. The van der Waals surface area contributed by atoms with Gasteiger partial charge in [-0.25, -0.2) is 10.9 Å². The highest BCUT2D eigenvalue weighted by molar-refractivity contribution is 4.50. The van der Waals surface area contributed by atoms with E-state index in [0.717, 1.165) is 19.6 Å². The maximum atomic E-state index is 3.49. The van der Waals surface area contributed by atoms with Crippen LogP contribution in [0, 0.1) is 0 Å². The zero-order valence-electron chi connectivity index (χ0n) is 12.9. The van der Waals surface area contributed by atoms with Gasteiger partial charge in [-0.2, -0.15) is 5.12 Å². The molecule has 0 aromatic rings. The minimum atomic E-state index is 1.08. The van der Waals surface area contributed by atoms with E-state index < -0.39 is 0 Å². The van der Waals surface area contributed by atoms with Crippen LogP contribution in [0.2, 0.25) is 0 Å². The van der Waals surface area contributed by atoms with E-state index >= 15 is 0 Å². The number of nitrogens with one attached hydrogen (secondary N) is 2. The van der Waals surface area contributed by atoms with E-state index in [9.17, 15) is 0 Å². The van der Waals surface area contributed by atoms with Gasteiger partial charge >= 0.3 is 0 Å². The first-order valence-electron chi connectivity index (χ1n) is 8.09. The van der Waals surface area contributed by atoms with E-state index in [4.69, 9.17) is 0 Å². The molecule has 0 bridgehead atoms. The van der Waals surface area contributed by atoms with Crippen LogP contribution in [-0.4, -0.2) is 24.8 Å². The molecule has 0 atom stereocenters. The molecule has 0 aliphatic heterocycles. The van der Waals surface area contributed by atoms with Crippen LogP contribution in [0.3, 0.4) is 0 Å². The molecule has 3 heteroatoms. The molecule has 2 N–H and O–H groups in total. The molecule has 0 radical (unpaired) electrons. The molecule has 0 saturated carbocycles. The molecular weight excluding hydrogens is 222 g/mol. The third kappa shape index (κ3) is 12.3. The average molecular weight is 257 g/mol. The van der Waals surface area contributed by atoms with E-state index in [1.807, 2.05) is 0 Å². The van der Waals surface area contributed by atoms with Gasteiger partial charge in [-0.05, 0) is 19.3 Å². The van der Waals surface area contributed by atoms with Gasteiger partial charge in [-0.1, -0.05) is 59.3 Å². The Labute approximate surface area is 115 Å². The maximum Gasteiger partial charge on any atom is 0.0285 e. The third-order valence-electron chi connectivity index (χ3n) is 3.11. The zero-order chi connectivity index (χ0) is 13.5. The number of unbranched alkanes of at least 4 members (excludes halogenated alkanes) is 6. The Morgan fingerprint density at radius 2 is 1.11 bits per heavy atom. The second-order valence-electron chi connectivity index (χ2n) is 5.09. The van der Waals surface area contributed by atoms with E-state index in [2.05, 4.69) is 36.7 Å². The maximum absolute atomic E-state index is 3.49. The molecule has 0 amide bonds. The lowest BCUT2D eigenvalue weighted by molar-refractivity contribution is 0.112. The Balaban J connectivity index is 3.45. The predicted molar refractivity (Wildman–Crippen MR) is 81.3 cm³/mol. The number of rotatable bonds is 14. The summed E-state index contributed by atoms with van der Waals surface area (Å²) in [5.74, 6) is 0. The lowest BCUT2D eigenvalue weighted by Crippen LogP contribution is -2.49. The number of hydrogen-bond acceptors (Lipinski definition) is 3. The lowest BCUT2D eigenvalue weighted by atomic mass is 10.2. The molecule has 110 valence electrons. The Kier molecular flexibility index (Phi) is 14.8. The summed E-state index contributed by atoms with van der Waals surface area (Å²) >= 11 is 0. The van der Waals surface area contributed by atoms with Crippen LogP contribution in [-0.2, 0) is 0 Å². The van der Waals surface area contributed by atoms with Gasteiger partial charge in [0, 0.05) is 19.6 Å². The fourth-order valence-electron chi connectivity index (χ4n) is 1.97. The highest BCUT2D eigenvalue weighted by atomic mass is 15.7. The van der Waals surface area contributed by atoms with Gasteiger partial charge in [0.1, 0.15) is 0 Å². The minimum absolute atomic E-state index is 1.08. The molecule has 3 nitrogen and oxygen atoms in total. The summed E-state index contributed by atoms with van der Waals surface area (Å²) in [5.41, 5.74) is 6.99. The van der Waals surface area contributed by atoms with Gasteiger partial charge in [0.25, 0.3) is 0 Å². The van der Waals surface area contributed by atoms with Crippen LogP contribution < -0.4 is 10.9 Å². The molecule has 0 unspecified atom stereocenters. The van der Waals surface area contributed by atoms with Gasteiger partial charge in [0.05, 0.1) is 0 Å². The van der Waals surface area contributed by atoms with E-state index in [-0.39, 0.29) is 0 Å². The topological polar surface area (TPSA) is 27.3 Å². The van der Waals surface area contributed by atoms with E-state index in [1.54, 1.807) is 0 Å². The monoisotopic (exact) mass is 257 g/mol. The SMILES string of the molecule is CCCCCCNN(CCC)NCCCCCC. The van der Waals surface area contributed by atoms with Gasteiger partial charge in [0.2, 0.25) is 0 Å². The van der Waals surface area contributed by atoms with Crippen molar-refractivity contribution in [2.45, 2.75) is 78.6 Å². The summed E-state index contributed by atoms with van der Waals surface area (Å²) < 4.78 is 0. The first-order valence-corrected chi connectivity index (χ1v) is 8.09. The molecular formula is C15H35N3. The van der Waals surface area contributed by atoms with Crippen LogP contribution >= 0.6 is 0 Å². The summed E-state index contributed by atoms with van der Waals surface area (Å²) in [6, 6.07) is 0. The lowest BCUT2D eigenvalue weighted by Gasteiger charge is -2.23. The summed E-state index contributed by atoms with van der Waals surface area (Å²) in [4.78, 5) is 0. The first-order chi connectivity index (χ1) is 8.85. The highest BCUT2D eigenvalue weighted by Crippen LogP contribution is 1.98. The minimum Gasteiger partial charge on any atom is -0.242 e. The van der Waals surface area contributed by atoms with Gasteiger partial charge < -0.3 is 0 Å². The van der Waals surface area contributed by atoms with Crippen molar-refractivity contribution in [1.82, 2.24) is 16.0 Å². The normalized spacial score (nSPS) is 11.3. The van der Waals surface area contributed by atoms with Crippen LogP contribution in [0.1, 0.15) is 78.6 Å². The van der Waals surface area contributed by atoms with E-state index in [0.29, 0.717) is 0 Å². The smallest absolute Gasteiger partial charge is 0.0285 e. The molecule has 0 heterocycles. The first kappa shape index (κ1) is 17.9. The largest absolute Gasteiger partial charge is 0.242 e. The number of hydrogen-bond donors (Lipinski definition) is 2. The fraction of sp³-hybridized carbons (Fsp3) is 1.00. The fourth-order valence-corrected chi connectivity index (χ4v) is 1.97. The van der Waals surface area contributed by atoms with Crippen LogP contribution in [0.4, 0.5) is 0 Å². The molecule has 0 aromatic carbocycles. The second-order valence-corrected chi connectivity index (χ2v) is 5.09. The Hall–Kier alpha value is -0.120. The average Bonchev–Trinajstić information content (AvgIpc) is 2.38. The van der Waals surface area contributed by atoms with Gasteiger partial charge in [-0.15, -0.1) is 0 Å². The molecule has 0 fully saturated rings. The Morgan fingerprint density at radius 1 is 0.611 bits per heavy atom. The van der Waals surface area contributed by atoms with E-state index in [1.165, 1.54) is 57.8 Å². The summed E-state index contributed by atoms with van der Waals surface area (Å²) in [5, 5.41) is 2.19. The van der Waals surface area contributed by atoms with Crippen molar-refractivity contribution in [1.29, 1.82) is 0 Å². The zero-order valence-corrected chi connectivity index (χ0v) is 12.9. The summed E-state index contributed by atoms with van der Waals surface area (Å²) in [7, 11) is 0. The highest BCUT2D eigenvalue weighted by Gasteiger charge is 2.01. The van der Waals surface area contributed by atoms with Crippen molar-refractivity contribution in [3.8, 4) is 0 Å². The molecule has 18 heavy (non-hydrogen) atoms. The number of hydrazine groups is 2. The summed E-state index contributed by atoms with van der Waals surface area (Å²) in [6.07, 6.45) is 11.8. The number of nitrogens with zero attached hydrogens (tertiary/aromatic N) is 1. The summed E-state index contributed by atoms with van der Waals surface area (Å²) in [6.45, 7) is 10.0. The van der Waals surface area contributed by atoms with Gasteiger partial charge in [0.15, 0.2) is 0 Å². The van der Waals surface area contributed by atoms with Crippen molar-refractivity contribution >= 4 is 0 Å². The molecule has 0 spiro atoms. The predicted octanol–water partition coefficient (Wildman–Crippen LogP) is 3.87. The quantitative estimate of drug-likeness (QED) is 0.365. The molecule has 0 rings (SSSR count). The van der Waals surface area contributed by atoms with Crippen molar-refractivity contribution in [2.75, 3.05) is 19.6 Å². The molecule has 0 aliphatic rings. The van der Waals surface area contributed by atoms with Crippen LogP contribution in [0.15, 0.2) is 0 Å². The van der Waals surface area contributed by atoms with Crippen molar-refractivity contribution in [3.63, 3.8) is 0 Å². The van der Waals surface area contributed by atoms with Crippen LogP contribution in [0.25, 0.3) is 0 Å².